The van der Waals surface area contributed by atoms with Crippen molar-refractivity contribution in [3.05, 3.63) is 108 Å². The molecule has 2 amide bonds. The summed E-state index contributed by atoms with van der Waals surface area (Å²) in [7, 11) is 0. The fourth-order valence-electron chi connectivity index (χ4n) is 6.16. The average molecular weight is 583 g/mol. The van der Waals surface area contributed by atoms with Crippen molar-refractivity contribution in [3.8, 4) is 0 Å². The van der Waals surface area contributed by atoms with Crippen molar-refractivity contribution in [1.82, 2.24) is 29.7 Å². The van der Waals surface area contributed by atoms with E-state index in [1.807, 2.05) is 30.6 Å². The summed E-state index contributed by atoms with van der Waals surface area (Å²) >= 11 is 0. The third-order valence-corrected chi connectivity index (χ3v) is 8.27. The van der Waals surface area contributed by atoms with E-state index in [4.69, 9.17) is 9.47 Å². The van der Waals surface area contributed by atoms with Crippen molar-refractivity contribution in [1.29, 1.82) is 0 Å². The van der Waals surface area contributed by atoms with Gasteiger partial charge < -0.3 is 29.2 Å². The van der Waals surface area contributed by atoms with E-state index in [-0.39, 0.29) is 24.3 Å². The number of nitrogens with one attached hydrogen (secondary N) is 2. The predicted molar refractivity (Wildman–Crippen MR) is 161 cm³/mol. The maximum atomic E-state index is 12.6. The van der Waals surface area contributed by atoms with Crippen LogP contribution in [-0.4, -0.2) is 44.4 Å². The van der Waals surface area contributed by atoms with Gasteiger partial charge in [0.2, 0.25) is 0 Å². The summed E-state index contributed by atoms with van der Waals surface area (Å²) in [6.45, 7) is 3.16. The van der Waals surface area contributed by atoms with E-state index in [9.17, 15) is 9.59 Å². The standard InChI is InChI=1S/C33H38N6O4/c1-23-20-28(30-34-16-18-38(23)30)42-32(40)36-14-6-10-24-8-5-9-25(21-24)11-7-15-37-33(41)43-29-22-27(26-12-3-2-4-13-26)39-19-17-35-31(29)39/h2-5,8-9,12-13,16-19,21,23,27-29H,6-7,10-11,14-15,20,22H2,1H3,(H,36,40)(H,37,41)/t23-,27?,28+,29+/m0/s1. The van der Waals surface area contributed by atoms with Crippen LogP contribution in [0.5, 0.6) is 0 Å². The van der Waals surface area contributed by atoms with Gasteiger partial charge in [-0.15, -0.1) is 0 Å². The number of benzene rings is 2. The van der Waals surface area contributed by atoms with Crippen LogP contribution in [0.1, 0.15) is 85.2 Å². The first-order chi connectivity index (χ1) is 21.0. The highest BCUT2D eigenvalue weighted by atomic mass is 16.6. The lowest BCUT2D eigenvalue weighted by Crippen LogP contribution is -2.27. The molecule has 0 fully saturated rings. The number of imidazole rings is 2. The van der Waals surface area contributed by atoms with E-state index in [0.29, 0.717) is 19.5 Å². The first-order valence-corrected chi connectivity index (χ1v) is 15.1. The van der Waals surface area contributed by atoms with Crippen molar-refractivity contribution in [2.45, 2.75) is 69.7 Å². The fourth-order valence-corrected chi connectivity index (χ4v) is 6.16. The van der Waals surface area contributed by atoms with Crippen LogP contribution >= 0.6 is 0 Å². The van der Waals surface area contributed by atoms with Gasteiger partial charge in [0.15, 0.2) is 18.0 Å². The van der Waals surface area contributed by atoms with Crippen LogP contribution < -0.4 is 10.6 Å². The first kappa shape index (κ1) is 28.5. The number of ether oxygens (including phenoxy) is 2. The third-order valence-electron chi connectivity index (χ3n) is 8.27. The molecule has 0 bridgehead atoms. The fraction of sp³-hybridized carbons (Fsp3) is 0.394. The molecule has 6 rings (SSSR count). The quantitative estimate of drug-likeness (QED) is 0.215. The number of aromatic nitrogens is 4. The second kappa shape index (κ2) is 13.1. The van der Waals surface area contributed by atoms with Gasteiger partial charge in [-0.1, -0.05) is 54.6 Å². The van der Waals surface area contributed by atoms with Crippen molar-refractivity contribution in [2.75, 3.05) is 13.1 Å². The van der Waals surface area contributed by atoms with E-state index in [2.05, 4.69) is 73.1 Å². The lowest BCUT2D eigenvalue weighted by atomic mass is 10.0. The maximum absolute atomic E-state index is 12.6. The summed E-state index contributed by atoms with van der Waals surface area (Å²) in [6.07, 6.45) is 10.6. The summed E-state index contributed by atoms with van der Waals surface area (Å²) < 4.78 is 15.5. The molecule has 1 unspecified atom stereocenters. The van der Waals surface area contributed by atoms with Gasteiger partial charge in [-0.25, -0.2) is 19.6 Å². The average Bonchev–Trinajstić information content (AvgIpc) is 3.80. The van der Waals surface area contributed by atoms with Crippen LogP contribution in [0.25, 0.3) is 0 Å². The van der Waals surface area contributed by atoms with E-state index >= 15 is 0 Å². The molecular formula is C33H38N6O4. The van der Waals surface area contributed by atoms with Crippen LogP contribution in [0.2, 0.25) is 0 Å². The molecule has 4 heterocycles. The molecule has 0 aliphatic carbocycles. The van der Waals surface area contributed by atoms with Gasteiger partial charge in [-0.3, -0.25) is 0 Å². The van der Waals surface area contributed by atoms with Crippen molar-refractivity contribution < 1.29 is 19.1 Å². The molecule has 2 aromatic carbocycles. The minimum absolute atomic E-state index is 0.112. The third kappa shape index (κ3) is 6.74. The van der Waals surface area contributed by atoms with Crippen LogP contribution in [-0.2, 0) is 22.3 Å². The highest BCUT2D eigenvalue weighted by molar-refractivity contribution is 5.67. The number of fused-ring (bicyclic) bond motifs is 2. The van der Waals surface area contributed by atoms with E-state index in [0.717, 1.165) is 43.8 Å². The monoisotopic (exact) mass is 582 g/mol. The SMILES string of the molecule is C[C@H]1C[C@@H](OC(=O)NCCCc2cccc(CCCNC(=O)O[C@@H]3CC(c4ccccc4)n4ccnc43)c2)c2nccn21. The Kier molecular flexibility index (Phi) is 8.72. The minimum Gasteiger partial charge on any atom is -0.438 e. The molecule has 0 radical (unpaired) electrons. The molecule has 4 aromatic rings. The Hall–Kier alpha value is -4.60. The Morgan fingerprint density at radius 2 is 1.37 bits per heavy atom. The van der Waals surface area contributed by atoms with E-state index < -0.39 is 12.2 Å². The lowest BCUT2D eigenvalue weighted by Gasteiger charge is -2.14. The van der Waals surface area contributed by atoms with Crippen LogP contribution in [0, 0.1) is 0 Å². The number of alkyl carbamates (subject to hydrolysis) is 2. The molecule has 0 spiro atoms. The molecule has 10 nitrogen and oxygen atoms in total. The van der Waals surface area contributed by atoms with E-state index in [1.54, 1.807) is 12.4 Å². The molecule has 2 aromatic heterocycles. The van der Waals surface area contributed by atoms with Crippen molar-refractivity contribution >= 4 is 12.2 Å². The highest BCUT2D eigenvalue weighted by Gasteiger charge is 2.35. The normalized spacial score (nSPS) is 20.3. The lowest BCUT2D eigenvalue weighted by molar-refractivity contribution is 0.0936. The summed E-state index contributed by atoms with van der Waals surface area (Å²) in [5, 5.41) is 5.77. The van der Waals surface area contributed by atoms with Gasteiger partial charge in [0.05, 0.1) is 6.04 Å². The molecule has 43 heavy (non-hydrogen) atoms. The molecule has 0 saturated carbocycles. The Balaban J connectivity index is 0.879. The Morgan fingerprint density at radius 3 is 2.02 bits per heavy atom. The molecule has 2 N–H and O–H groups in total. The van der Waals surface area contributed by atoms with Crippen molar-refractivity contribution in [3.63, 3.8) is 0 Å². The zero-order chi connectivity index (χ0) is 29.6. The molecule has 224 valence electrons. The van der Waals surface area contributed by atoms with Gasteiger partial charge in [0.25, 0.3) is 0 Å². The van der Waals surface area contributed by atoms with Gasteiger partial charge in [-0.05, 0) is 49.3 Å². The van der Waals surface area contributed by atoms with Crippen LogP contribution in [0.3, 0.4) is 0 Å². The Labute approximate surface area is 251 Å². The van der Waals surface area contributed by atoms with Crippen molar-refractivity contribution in [2.24, 2.45) is 0 Å². The molecular weight excluding hydrogens is 544 g/mol. The zero-order valence-electron chi connectivity index (χ0n) is 24.4. The number of carbonyl (C=O) groups excluding carboxylic acids is 2. The smallest absolute Gasteiger partial charge is 0.407 e. The minimum atomic E-state index is -0.416. The number of amides is 2. The summed E-state index contributed by atoms with van der Waals surface area (Å²) in [6, 6.07) is 19.1. The number of hydrogen-bond donors (Lipinski definition) is 2. The van der Waals surface area contributed by atoms with Gasteiger partial charge >= 0.3 is 12.2 Å². The molecule has 10 heteroatoms. The number of nitrogens with zero attached hydrogens (tertiary/aromatic N) is 4. The summed E-state index contributed by atoms with van der Waals surface area (Å²) in [5.41, 5.74) is 3.61. The number of hydrogen-bond acceptors (Lipinski definition) is 6. The Bertz CT molecular complexity index is 1530. The molecule has 0 saturated heterocycles. The van der Waals surface area contributed by atoms with E-state index in [1.165, 1.54) is 16.7 Å². The second-order valence-corrected chi connectivity index (χ2v) is 11.3. The predicted octanol–water partition coefficient (Wildman–Crippen LogP) is 5.84. The van der Waals surface area contributed by atoms with Gasteiger partial charge in [0.1, 0.15) is 5.82 Å². The highest BCUT2D eigenvalue weighted by Crippen LogP contribution is 2.39. The topological polar surface area (TPSA) is 112 Å². The largest absolute Gasteiger partial charge is 0.438 e. The molecule has 4 atom stereocenters. The zero-order valence-corrected chi connectivity index (χ0v) is 24.4. The summed E-state index contributed by atoms with van der Waals surface area (Å²) in [4.78, 5) is 33.6. The molecule has 2 aliphatic rings. The maximum Gasteiger partial charge on any atom is 0.407 e. The van der Waals surface area contributed by atoms with Crippen LogP contribution in [0.15, 0.2) is 79.4 Å². The number of carbonyl (C=O) groups is 2. The number of aryl methyl sites for hydroxylation is 2. The number of rotatable bonds is 11. The Morgan fingerprint density at radius 1 is 0.791 bits per heavy atom. The van der Waals surface area contributed by atoms with Crippen LogP contribution in [0.4, 0.5) is 9.59 Å². The summed E-state index contributed by atoms with van der Waals surface area (Å²) in [5.74, 6) is 1.59. The second-order valence-electron chi connectivity index (χ2n) is 11.3. The van der Waals surface area contributed by atoms with Gasteiger partial charge in [0, 0.05) is 56.8 Å². The first-order valence-electron chi connectivity index (χ1n) is 15.1. The van der Waals surface area contributed by atoms with Gasteiger partial charge in [-0.2, -0.15) is 0 Å². The molecule has 2 aliphatic heterocycles.